The van der Waals surface area contributed by atoms with Gasteiger partial charge in [0.25, 0.3) is 0 Å². The van der Waals surface area contributed by atoms with Crippen molar-refractivity contribution in [2.45, 2.75) is 40.2 Å². The second-order valence-electron chi connectivity index (χ2n) is 5.90. The van der Waals surface area contributed by atoms with Crippen molar-refractivity contribution in [3.63, 3.8) is 0 Å². The third kappa shape index (κ3) is 9.30. The fourth-order valence-electron chi connectivity index (χ4n) is 2.60. The summed E-state index contributed by atoms with van der Waals surface area (Å²) in [6.45, 7) is 11.6. The van der Waals surface area contributed by atoms with E-state index in [0.717, 1.165) is 43.3 Å². The monoisotopic (exact) mass is 462 g/mol. The van der Waals surface area contributed by atoms with Crippen LogP contribution in [0.4, 0.5) is 0 Å². The van der Waals surface area contributed by atoms with Gasteiger partial charge >= 0.3 is 0 Å². The first-order valence-electron chi connectivity index (χ1n) is 8.94. The largest absolute Gasteiger partial charge is 0.496 e. The molecule has 0 aliphatic heterocycles. The molecule has 1 rings (SSSR count). The number of benzene rings is 1. The summed E-state index contributed by atoms with van der Waals surface area (Å²) in [7, 11) is 3.51. The first kappa shape index (κ1) is 24.0. The van der Waals surface area contributed by atoms with Crippen LogP contribution >= 0.6 is 24.0 Å². The maximum Gasteiger partial charge on any atom is 0.191 e. The van der Waals surface area contributed by atoms with Gasteiger partial charge in [-0.15, -0.1) is 24.0 Å². The molecular formula is C19H35IN4O. The van der Waals surface area contributed by atoms with Gasteiger partial charge in [0, 0.05) is 25.7 Å². The van der Waals surface area contributed by atoms with E-state index in [4.69, 9.17) is 4.74 Å². The average molecular weight is 462 g/mol. The molecule has 0 fully saturated rings. The molecule has 0 saturated carbocycles. The topological polar surface area (TPSA) is 48.9 Å². The Hall–Kier alpha value is -1.02. The fraction of sp³-hybridized carbons (Fsp3) is 0.632. The van der Waals surface area contributed by atoms with E-state index < -0.39 is 0 Å². The zero-order valence-corrected chi connectivity index (χ0v) is 18.7. The predicted molar refractivity (Wildman–Crippen MR) is 118 cm³/mol. The molecule has 0 aliphatic carbocycles. The molecule has 0 aliphatic rings. The highest BCUT2D eigenvalue weighted by molar-refractivity contribution is 14.0. The van der Waals surface area contributed by atoms with Gasteiger partial charge in [-0.05, 0) is 51.0 Å². The molecule has 2 N–H and O–H groups in total. The molecule has 0 amide bonds. The highest BCUT2D eigenvalue weighted by Gasteiger charge is 2.05. The van der Waals surface area contributed by atoms with E-state index in [2.05, 4.69) is 59.5 Å². The van der Waals surface area contributed by atoms with Crippen LogP contribution in [0.2, 0.25) is 0 Å². The number of hydrogen-bond donors (Lipinski definition) is 2. The molecule has 0 bridgehead atoms. The number of nitrogens with one attached hydrogen (secondary N) is 2. The Morgan fingerprint density at radius 1 is 1.16 bits per heavy atom. The van der Waals surface area contributed by atoms with Gasteiger partial charge in [-0.2, -0.15) is 0 Å². The number of halogens is 1. The lowest BCUT2D eigenvalue weighted by Crippen LogP contribution is -2.37. The van der Waals surface area contributed by atoms with Crippen LogP contribution in [0.15, 0.2) is 23.2 Å². The molecule has 0 saturated heterocycles. The van der Waals surface area contributed by atoms with Crippen LogP contribution in [-0.4, -0.2) is 51.2 Å². The normalized spacial score (nSPS) is 11.2. The van der Waals surface area contributed by atoms with Gasteiger partial charge in [-0.25, -0.2) is 0 Å². The van der Waals surface area contributed by atoms with E-state index in [1.807, 2.05) is 0 Å². The van der Waals surface area contributed by atoms with E-state index in [9.17, 15) is 0 Å². The van der Waals surface area contributed by atoms with E-state index in [1.54, 1.807) is 14.2 Å². The summed E-state index contributed by atoms with van der Waals surface area (Å²) in [5.41, 5.74) is 2.33. The minimum atomic E-state index is 0. The summed E-state index contributed by atoms with van der Waals surface area (Å²) in [6.07, 6.45) is 2.35. The second-order valence-corrected chi connectivity index (χ2v) is 5.90. The zero-order valence-electron chi connectivity index (χ0n) is 16.4. The highest BCUT2D eigenvalue weighted by atomic mass is 127. The Morgan fingerprint density at radius 3 is 2.48 bits per heavy atom. The molecular weight excluding hydrogens is 427 g/mol. The van der Waals surface area contributed by atoms with Crippen LogP contribution in [0.25, 0.3) is 0 Å². The van der Waals surface area contributed by atoms with E-state index in [-0.39, 0.29) is 24.0 Å². The van der Waals surface area contributed by atoms with Gasteiger partial charge in [0.2, 0.25) is 0 Å². The van der Waals surface area contributed by atoms with Gasteiger partial charge in [-0.3, -0.25) is 4.99 Å². The first-order chi connectivity index (χ1) is 11.6. The van der Waals surface area contributed by atoms with Crippen molar-refractivity contribution in [3.8, 4) is 5.75 Å². The number of hydrogen-bond acceptors (Lipinski definition) is 3. The number of aliphatic imine (C=N–C) groups is 1. The Balaban J connectivity index is 0.00000576. The van der Waals surface area contributed by atoms with Crippen molar-refractivity contribution in [2.24, 2.45) is 4.99 Å². The van der Waals surface area contributed by atoms with Crippen molar-refractivity contribution in [1.29, 1.82) is 0 Å². The van der Waals surface area contributed by atoms with Crippen molar-refractivity contribution < 1.29 is 4.74 Å². The molecule has 1 aromatic rings. The SMILES string of the molecule is CCN(CC)CCCCNC(=NC)NCc1ccc(C)cc1OC.I. The van der Waals surface area contributed by atoms with Crippen LogP contribution in [0, 0.1) is 6.92 Å². The molecule has 0 spiro atoms. The van der Waals surface area contributed by atoms with Crippen LogP contribution in [-0.2, 0) is 6.54 Å². The quantitative estimate of drug-likeness (QED) is 0.242. The fourth-order valence-corrected chi connectivity index (χ4v) is 2.60. The molecule has 144 valence electrons. The van der Waals surface area contributed by atoms with Crippen molar-refractivity contribution in [1.82, 2.24) is 15.5 Å². The Labute approximate surface area is 170 Å². The van der Waals surface area contributed by atoms with Crippen molar-refractivity contribution >= 4 is 29.9 Å². The van der Waals surface area contributed by atoms with Gasteiger partial charge in [0.15, 0.2) is 5.96 Å². The first-order valence-corrected chi connectivity index (χ1v) is 8.94. The molecule has 0 unspecified atom stereocenters. The summed E-state index contributed by atoms with van der Waals surface area (Å²) >= 11 is 0. The standard InChI is InChI=1S/C19H34N4O.HI/c1-6-23(7-2)13-9-8-12-21-19(20-4)22-15-17-11-10-16(3)14-18(17)24-5;/h10-11,14H,6-9,12-13,15H2,1-5H3,(H2,20,21,22);1H. The second kappa shape index (κ2) is 14.2. The Morgan fingerprint density at radius 2 is 1.88 bits per heavy atom. The molecule has 0 atom stereocenters. The Kier molecular flexibility index (Phi) is 13.6. The lowest BCUT2D eigenvalue weighted by molar-refractivity contribution is 0.297. The average Bonchev–Trinajstić information content (AvgIpc) is 2.61. The van der Waals surface area contributed by atoms with Gasteiger partial charge < -0.3 is 20.3 Å². The summed E-state index contributed by atoms with van der Waals surface area (Å²) < 4.78 is 5.44. The highest BCUT2D eigenvalue weighted by Crippen LogP contribution is 2.19. The lowest BCUT2D eigenvalue weighted by atomic mass is 10.1. The van der Waals surface area contributed by atoms with Crippen molar-refractivity contribution in [3.05, 3.63) is 29.3 Å². The van der Waals surface area contributed by atoms with Gasteiger partial charge in [0.05, 0.1) is 7.11 Å². The number of methoxy groups -OCH3 is 1. The smallest absolute Gasteiger partial charge is 0.191 e. The van der Waals surface area contributed by atoms with E-state index >= 15 is 0 Å². The minimum absolute atomic E-state index is 0. The molecule has 5 nitrogen and oxygen atoms in total. The third-order valence-electron chi connectivity index (χ3n) is 4.20. The molecule has 1 aromatic carbocycles. The summed E-state index contributed by atoms with van der Waals surface area (Å²) in [5.74, 6) is 1.75. The number of rotatable bonds is 10. The molecule has 0 aromatic heterocycles. The maximum absolute atomic E-state index is 5.44. The number of aryl methyl sites for hydroxylation is 1. The van der Waals surface area contributed by atoms with Crippen LogP contribution < -0.4 is 15.4 Å². The van der Waals surface area contributed by atoms with Gasteiger partial charge in [-0.1, -0.05) is 26.0 Å². The van der Waals surface area contributed by atoms with E-state index in [1.165, 1.54) is 18.5 Å². The summed E-state index contributed by atoms with van der Waals surface area (Å²) in [4.78, 5) is 6.74. The third-order valence-corrected chi connectivity index (χ3v) is 4.20. The number of nitrogens with zero attached hydrogens (tertiary/aromatic N) is 2. The van der Waals surface area contributed by atoms with Crippen molar-refractivity contribution in [2.75, 3.05) is 40.3 Å². The number of ether oxygens (including phenoxy) is 1. The van der Waals surface area contributed by atoms with Crippen LogP contribution in [0.3, 0.4) is 0 Å². The Bertz CT molecular complexity index is 504. The molecule has 25 heavy (non-hydrogen) atoms. The molecule has 6 heteroatoms. The maximum atomic E-state index is 5.44. The van der Waals surface area contributed by atoms with Crippen LogP contribution in [0.1, 0.15) is 37.8 Å². The minimum Gasteiger partial charge on any atom is -0.496 e. The molecule has 0 radical (unpaired) electrons. The summed E-state index contributed by atoms with van der Waals surface area (Å²) in [5, 5.41) is 6.73. The van der Waals surface area contributed by atoms with E-state index in [0.29, 0.717) is 6.54 Å². The summed E-state index contributed by atoms with van der Waals surface area (Å²) in [6, 6.07) is 6.25. The number of guanidine groups is 1. The molecule has 0 heterocycles. The predicted octanol–water partition coefficient (Wildman–Crippen LogP) is 3.41. The number of unbranched alkanes of at least 4 members (excludes halogenated alkanes) is 1. The van der Waals surface area contributed by atoms with Crippen LogP contribution in [0.5, 0.6) is 5.75 Å². The zero-order chi connectivity index (χ0) is 17.8. The van der Waals surface area contributed by atoms with Gasteiger partial charge in [0.1, 0.15) is 5.75 Å². The lowest BCUT2D eigenvalue weighted by Gasteiger charge is -2.18.